The number of aromatic nitrogens is 1. The second-order valence-corrected chi connectivity index (χ2v) is 6.72. The number of amides is 1. The number of anilines is 1. The van der Waals surface area contributed by atoms with Gasteiger partial charge >= 0.3 is 0 Å². The predicted octanol–water partition coefficient (Wildman–Crippen LogP) is 4.01. The lowest BCUT2D eigenvalue weighted by atomic mass is 10.0. The van der Waals surface area contributed by atoms with Crippen molar-refractivity contribution in [2.45, 2.75) is 13.0 Å². The van der Waals surface area contributed by atoms with Gasteiger partial charge in [-0.1, -0.05) is 48.5 Å². The Morgan fingerprint density at radius 2 is 1.79 bits per heavy atom. The topological polar surface area (TPSA) is 71.2 Å². The summed E-state index contributed by atoms with van der Waals surface area (Å²) < 4.78 is 5.16. The quantitative estimate of drug-likeness (QED) is 0.556. The number of nitrogens with one attached hydrogen (secondary N) is 2. The number of fused-ring (bicyclic) bond motifs is 2. The van der Waals surface area contributed by atoms with E-state index in [1.807, 2.05) is 54.6 Å². The van der Waals surface area contributed by atoms with E-state index in [-0.39, 0.29) is 17.9 Å². The zero-order valence-electron chi connectivity index (χ0n) is 15.5. The summed E-state index contributed by atoms with van der Waals surface area (Å²) in [7, 11) is 1.59. The van der Waals surface area contributed by atoms with Gasteiger partial charge in [0.25, 0.3) is 0 Å². The van der Waals surface area contributed by atoms with E-state index < -0.39 is 0 Å². The maximum atomic E-state index is 12.6. The third-order valence-corrected chi connectivity index (χ3v) is 4.74. The highest BCUT2D eigenvalue weighted by Gasteiger charge is 2.09. The number of rotatable bonds is 5. The Kier molecular flexibility index (Phi) is 4.91. The van der Waals surface area contributed by atoms with Crippen LogP contribution in [0.1, 0.15) is 11.1 Å². The summed E-state index contributed by atoms with van der Waals surface area (Å²) in [4.78, 5) is 27.3. The summed E-state index contributed by atoms with van der Waals surface area (Å²) >= 11 is 0. The van der Waals surface area contributed by atoms with Crippen LogP contribution >= 0.6 is 0 Å². The smallest absolute Gasteiger partial charge is 0.248 e. The molecule has 0 spiro atoms. The molecule has 1 aromatic heterocycles. The number of aromatic amines is 1. The third kappa shape index (κ3) is 3.66. The minimum Gasteiger partial charge on any atom is -0.380 e. The predicted molar refractivity (Wildman–Crippen MR) is 112 cm³/mol. The zero-order chi connectivity index (χ0) is 19.5. The van der Waals surface area contributed by atoms with E-state index in [0.29, 0.717) is 17.8 Å². The van der Waals surface area contributed by atoms with E-state index in [1.165, 1.54) is 6.07 Å². The number of carbonyl (C=O) groups is 1. The highest BCUT2D eigenvalue weighted by molar-refractivity contribution is 5.97. The van der Waals surface area contributed by atoms with E-state index in [0.717, 1.165) is 27.3 Å². The molecule has 28 heavy (non-hydrogen) atoms. The molecule has 140 valence electrons. The van der Waals surface area contributed by atoms with Gasteiger partial charge in [-0.25, -0.2) is 0 Å². The van der Waals surface area contributed by atoms with Crippen molar-refractivity contribution in [1.82, 2.24) is 4.98 Å². The molecule has 0 unspecified atom stereocenters. The lowest BCUT2D eigenvalue weighted by Gasteiger charge is -2.10. The fraction of sp³-hybridized carbons (Fsp3) is 0.130. The summed E-state index contributed by atoms with van der Waals surface area (Å²) in [6, 6.07) is 21.0. The van der Waals surface area contributed by atoms with E-state index in [2.05, 4.69) is 10.3 Å². The molecule has 0 saturated carbocycles. The van der Waals surface area contributed by atoms with E-state index in [4.69, 9.17) is 4.74 Å². The van der Waals surface area contributed by atoms with Gasteiger partial charge in [-0.3, -0.25) is 9.59 Å². The van der Waals surface area contributed by atoms with Gasteiger partial charge in [0.2, 0.25) is 11.5 Å². The second kappa shape index (κ2) is 7.66. The van der Waals surface area contributed by atoms with Crippen LogP contribution in [0, 0.1) is 0 Å². The molecule has 4 aromatic rings. The molecule has 0 atom stereocenters. The Morgan fingerprint density at radius 3 is 2.64 bits per heavy atom. The Bertz CT molecular complexity index is 1220. The average molecular weight is 372 g/mol. The SMILES string of the molecule is COCc1cc(=O)[nH]c2cc(NC(=O)Cc3cccc4ccccc34)ccc12. The van der Waals surface area contributed by atoms with Crippen LogP contribution in [-0.2, 0) is 22.6 Å². The number of carbonyl (C=O) groups excluding carboxylic acids is 1. The molecule has 0 bridgehead atoms. The Hall–Kier alpha value is -3.44. The number of hydrogen-bond donors (Lipinski definition) is 2. The lowest BCUT2D eigenvalue weighted by Crippen LogP contribution is -2.15. The summed E-state index contributed by atoms with van der Waals surface area (Å²) in [5.41, 5.74) is 2.91. The van der Waals surface area contributed by atoms with Crippen molar-refractivity contribution >= 4 is 33.3 Å². The van der Waals surface area contributed by atoms with Crippen LogP contribution in [0.15, 0.2) is 71.5 Å². The molecule has 0 saturated heterocycles. The van der Waals surface area contributed by atoms with Gasteiger partial charge in [0.1, 0.15) is 0 Å². The Balaban J connectivity index is 1.59. The van der Waals surface area contributed by atoms with Crippen LogP contribution in [0.4, 0.5) is 5.69 Å². The monoisotopic (exact) mass is 372 g/mol. The van der Waals surface area contributed by atoms with Crippen molar-refractivity contribution in [2.75, 3.05) is 12.4 Å². The zero-order valence-corrected chi connectivity index (χ0v) is 15.5. The van der Waals surface area contributed by atoms with E-state index in [9.17, 15) is 9.59 Å². The lowest BCUT2D eigenvalue weighted by molar-refractivity contribution is -0.115. The van der Waals surface area contributed by atoms with Crippen LogP contribution in [0.2, 0.25) is 0 Å². The fourth-order valence-corrected chi connectivity index (χ4v) is 3.51. The number of hydrogen-bond acceptors (Lipinski definition) is 3. The van der Waals surface area contributed by atoms with Crippen LogP contribution in [0.3, 0.4) is 0 Å². The van der Waals surface area contributed by atoms with Crippen molar-refractivity contribution in [3.05, 3.63) is 88.2 Å². The molecule has 1 amide bonds. The fourth-order valence-electron chi connectivity index (χ4n) is 3.51. The van der Waals surface area contributed by atoms with Crippen molar-refractivity contribution in [3.8, 4) is 0 Å². The number of H-pyrrole nitrogens is 1. The first-order valence-corrected chi connectivity index (χ1v) is 9.05. The first-order valence-electron chi connectivity index (χ1n) is 9.05. The van der Waals surface area contributed by atoms with Crippen molar-refractivity contribution in [3.63, 3.8) is 0 Å². The first-order chi connectivity index (χ1) is 13.6. The molecule has 3 aromatic carbocycles. The largest absolute Gasteiger partial charge is 0.380 e. The molecular weight excluding hydrogens is 352 g/mol. The van der Waals surface area contributed by atoms with Crippen LogP contribution < -0.4 is 10.9 Å². The van der Waals surface area contributed by atoms with Crippen LogP contribution in [0.25, 0.3) is 21.7 Å². The summed E-state index contributed by atoms with van der Waals surface area (Å²) in [5, 5.41) is 6.01. The summed E-state index contributed by atoms with van der Waals surface area (Å²) in [6.07, 6.45) is 0.277. The molecular formula is C23H20N2O3. The summed E-state index contributed by atoms with van der Waals surface area (Å²) in [5.74, 6) is -0.105. The van der Waals surface area contributed by atoms with Gasteiger partial charge in [0.15, 0.2) is 0 Å². The molecule has 0 fully saturated rings. The second-order valence-electron chi connectivity index (χ2n) is 6.72. The highest BCUT2D eigenvalue weighted by Crippen LogP contribution is 2.22. The number of methoxy groups -OCH3 is 1. The molecule has 5 nitrogen and oxygen atoms in total. The van der Waals surface area contributed by atoms with Crippen molar-refractivity contribution in [2.24, 2.45) is 0 Å². The number of ether oxygens (including phenoxy) is 1. The van der Waals surface area contributed by atoms with E-state index in [1.54, 1.807) is 13.2 Å². The van der Waals surface area contributed by atoms with Gasteiger partial charge in [-0.15, -0.1) is 0 Å². The minimum absolute atomic E-state index is 0.105. The molecule has 2 N–H and O–H groups in total. The normalized spacial score (nSPS) is 11.0. The van der Waals surface area contributed by atoms with Gasteiger partial charge in [0.05, 0.1) is 18.5 Å². The van der Waals surface area contributed by atoms with Crippen molar-refractivity contribution < 1.29 is 9.53 Å². The van der Waals surface area contributed by atoms with E-state index >= 15 is 0 Å². The molecule has 0 aliphatic heterocycles. The van der Waals surface area contributed by atoms with Crippen LogP contribution in [0.5, 0.6) is 0 Å². The average Bonchev–Trinajstić information content (AvgIpc) is 2.68. The molecule has 0 aliphatic carbocycles. The number of benzene rings is 3. The molecule has 0 radical (unpaired) electrons. The van der Waals surface area contributed by atoms with Gasteiger partial charge < -0.3 is 15.0 Å². The molecule has 1 heterocycles. The molecule has 0 aliphatic rings. The summed E-state index contributed by atoms with van der Waals surface area (Å²) in [6.45, 7) is 0.354. The number of pyridine rings is 1. The van der Waals surface area contributed by atoms with Gasteiger partial charge in [-0.2, -0.15) is 0 Å². The standard InChI is InChI=1S/C23H20N2O3/c1-28-14-17-12-23(27)25-21-13-18(9-10-20(17)21)24-22(26)11-16-7-4-6-15-5-2-3-8-19(15)16/h2-10,12-13H,11,14H2,1H3,(H,24,26)(H,25,27). The maximum Gasteiger partial charge on any atom is 0.248 e. The van der Waals surface area contributed by atoms with Crippen molar-refractivity contribution in [1.29, 1.82) is 0 Å². The Morgan fingerprint density at radius 1 is 0.964 bits per heavy atom. The van der Waals surface area contributed by atoms with Gasteiger partial charge in [0, 0.05) is 24.2 Å². The molecule has 5 heteroatoms. The third-order valence-electron chi connectivity index (χ3n) is 4.74. The first kappa shape index (κ1) is 17.9. The van der Waals surface area contributed by atoms with Gasteiger partial charge in [-0.05, 0) is 34.0 Å². The molecule has 4 rings (SSSR count). The van der Waals surface area contributed by atoms with Crippen LogP contribution in [-0.4, -0.2) is 18.0 Å². The minimum atomic E-state index is -0.196. The maximum absolute atomic E-state index is 12.6. The highest BCUT2D eigenvalue weighted by atomic mass is 16.5. The Labute approximate surface area is 162 Å².